The number of benzene rings is 1. The molecule has 1 N–H and O–H groups in total. The lowest BCUT2D eigenvalue weighted by Gasteiger charge is -2.35. The molecule has 8 heteroatoms. The summed E-state index contributed by atoms with van der Waals surface area (Å²) in [5.41, 5.74) is 3.41. The Balaban J connectivity index is 1.45. The van der Waals surface area contributed by atoms with Gasteiger partial charge in [-0.3, -0.25) is 0 Å². The highest BCUT2D eigenvalue weighted by molar-refractivity contribution is 5.60. The predicted molar refractivity (Wildman–Crippen MR) is 105 cm³/mol. The maximum atomic E-state index is 4.65. The first-order valence-electron chi connectivity index (χ1n) is 9.00. The molecule has 0 atom stereocenters. The van der Waals surface area contributed by atoms with Crippen molar-refractivity contribution in [2.75, 3.05) is 41.3 Å². The van der Waals surface area contributed by atoms with Crippen LogP contribution in [0.15, 0.2) is 42.9 Å². The van der Waals surface area contributed by atoms with Crippen LogP contribution < -0.4 is 15.1 Å². The van der Waals surface area contributed by atoms with Crippen molar-refractivity contribution in [2.24, 2.45) is 0 Å². The largest absolute Gasteiger partial charge is 0.352 e. The Morgan fingerprint density at radius 3 is 2.44 bits per heavy atom. The highest BCUT2D eigenvalue weighted by Gasteiger charge is 2.20. The Morgan fingerprint density at radius 1 is 0.926 bits per heavy atom. The molecule has 138 valence electrons. The van der Waals surface area contributed by atoms with Crippen molar-refractivity contribution < 1.29 is 0 Å². The van der Waals surface area contributed by atoms with Gasteiger partial charge in [-0.1, -0.05) is 12.1 Å². The normalized spacial score (nSPS) is 14.3. The van der Waals surface area contributed by atoms with Crippen LogP contribution in [0, 0.1) is 13.8 Å². The molecule has 8 nitrogen and oxygen atoms in total. The number of rotatable bonds is 4. The van der Waals surface area contributed by atoms with E-state index >= 15 is 0 Å². The summed E-state index contributed by atoms with van der Waals surface area (Å²) in [6.07, 6.45) is 5.26. The Morgan fingerprint density at radius 2 is 1.67 bits per heavy atom. The first-order chi connectivity index (χ1) is 13.2. The molecule has 1 fully saturated rings. The van der Waals surface area contributed by atoms with E-state index in [1.54, 1.807) is 18.6 Å². The minimum Gasteiger partial charge on any atom is -0.352 e. The molecule has 0 saturated carbocycles. The van der Waals surface area contributed by atoms with Crippen molar-refractivity contribution >= 4 is 23.4 Å². The zero-order valence-electron chi connectivity index (χ0n) is 15.5. The van der Waals surface area contributed by atoms with E-state index in [1.807, 2.05) is 18.2 Å². The lowest BCUT2D eigenvalue weighted by atomic mass is 10.1. The molecule has 1 aliphatic rings. The van der Waals surface area contributed by atoms with E-state index in [0.29, 0.717) is 5.95 Å². The van der Waals surface area contributed by atoms with Crippen molar-refractivity contribution in [3.63, 3.8) is 0 Å². The Hall–Kier alpha value is -3.29. The third kappa shape index (κ3) is 3.79. The van der Waals surface area contributed by atoms with E-state index < -0.39 is 0 Å². The van der Waals surface area contributed by atoms with Crippen LogP contribution in [0.4, 0.5) is 23.4 Å². The molecule has 4 rings (SSSR count). The number of aromatic nitrogens is 5. The zero-order valence-corrected chi connectivity index (χ0v) is 15.5. The van der Waals surface area contributed by atoms with Crippen molar-refractivity contribution in [1.29, 1.82) is 0 Å². The molecule has 1 saturated heterocycles. The number of nitrogens with zero attached hydrogens (tertiary/aromatic N) is 7. The van der Waals surface area contributed by atoms with Crippen molar-refractivity contribution in [3.05, 3.63) is 54.0 Å². The number of nitrogens with one attached hydrogen (secondary N) is 1. The molecule has 2 aromatic heterocycles. The van der Waals surface area contributed by atoms with Gasteiger partial charge in [0.15, 0.2) is 5.82 Å². The monoisotopic (exact) mass is 362 g/mol. The molecule has 0 bridgehead atoms. The van der Waals surface area contributed by atoms with Gasteiger partial charge in [-0.25, -0.2) is 9.97 Å². The summed E-state index contributed by atoms with van der Waals surface area (Å²) in [5.74, 6) is 2.11. The molecular formula is C19H22N8. The average molecular weight is 362 g/mol. The highest BCUT2D eigenvalue weighted by atomic mass is 15.4. The molecule has 1 aliphatic heterocycles. The first kappa shape index (κ1) is 17.1. The van der Waals surface area contributed by atoms with Gasteiger partial charge in [-0.05, 0) is 37.1 Å². The van der Waals surface area contributed by atoms with Crippen LogP contribution in [0.3, 0.4) is 0 Å². The molecule has 3 aromatic rings. The van der Waals surface area contributed by atoms with E-state index in [-0.39, 0.29) is 0 Å². The summed E-state index contributed by atoms with van der Waals surface area (Å²) in [6.45, 7) is 7.52. The Labute approximate surface area is 158 Å². The lowest BCUT2D eigenvalue weighted by molar-refractivity contribution is 0.632. The number of hydrogen-bond acceptors (Lipinski definition) is 8. The van der Waals surface area contributed by atoms with Gasteiger partial charge in [0.1, 0.15) is 0 Å². The fourth-order valence-electron chi connectivity index (χ4n) is 3.10. The van der Waals surface area contributed by atoms with E-state index in [9.17, 15) is 0 Å². The molecule has 3 heterocycles. The molecule has 0 radical (unpaired) electrons. The maximum absolute atomic E-state index is 4.65. The fourth-order valence-corrected chi connectivity index (χ4v) is 3.10. The molecular weight excluding hydrogens is 340 g/mol. The Kier molecular flexibility index (Phi) is 4.78. The summed E-state index contributed by atoms with van der Waals surface area (Å²) in [5, 5.41) is 11.5. The quantitative estimate of drug-likeness (QED) is 0.757. The second kappa shape index (κ2) is 7.53. The van der Waals surface area contributed by atoms with E-state index in [1.165, 1.54) is 11.1 Å². The summed E-state index contributed by atoms with van der Waals surface area (Å²) < 4.78 is 0. The third-order valence-corrected chi connectivity index (χ3v) is 4.84. The lowest BCUT2D eigenvalue weighted by Crippen LogP contribution is -2.47. The summed E-state index contributed by atoms with van der Waals surface area (Å²) in [4.78, 5) is 17.7. The number of piperazine rings is 1. The van der Waals surface area contributed by atoms with Gasteiger partial charge in [0.2, 0.25) is 11.9 Å². The van der Waals surface area contributed by atoms with Crippen LogP contribution in [-0.2, 0) is 0 Å². The van der Waals surface area contributed by atoms with Crippen LogP contribution in [0.2, 0.25) is 0 Å². The molecule has 0 aliphatic carbocycles. The van der Waals surface area contributed by atoms with Gasteiger partial charge in [0, 0.05) is 44.3 Å². The van der Waals surface area contributed by atoms with Crippen molar-refractivity contribution in [2.45, 2.75) is 13.8 Å². The van der Waals surface area contributed by atoms with Gasteiger partial charge in [-0.2, -0.15) is 10.1 Å². The second-order valence-corrected chi connectivity index (χ2v) is 6.53. The van der Waals surface area contributed by atoms with Crippen LogP contribution in [0.1, 0.15) is 11.1 Å². The fraction of sp³-hybridized carbons (Fsp3) is 0.316. The van der Waals surface area contributed by atoms with Crippen LogP contribution >= 0.6 is 0 Å². The van der Waals surface area contributed by atoms with E-state index in [4.69, 9.17) is 0 Å². The minimum absolute atomic E-state index is 0.509. The third-order valence-electron chi connectivity index (χ3n) is 4.84. The summed E-state index contributed by atoms with van der Waals surface area (Å²) in [6, 6.07) is 7.96. The molecule has 0 spiro atoms. The molecule has 1 aromatic carbocycles. The first-order valence-corrected chi connectivity index (χ1v) is 9.00. The van der Waals surface area contributed by atoms with Gasteiger partial charge >= 0.3 is 0 Å². The smallest absolute Gasteiger partial charge is 0.249 e. The van der Waals surface area contributed by atoms with E-state index in [2.05, 4.69) is 60.2 Å². The van der Waals surface area contributed by atoms with Gasteiger partial charge in [0.25, 0.3) is 0 Å². The number of aryl methyl sites for hydroxylation is 1. The number of hydrogen-bond donors (Lipinski definition) is 1. The van der Waals surface area contributed by atoms with Crippen LogP contribution in [0.25, 0.3) is 0 Å². The average Bonchev–Trinajstić information content (AvgIpc) is 2.72. The van der Waals surface area contributed by atoms with Gasteiger partial charge < -0.3 is 15.1 Å². The number of anilines is 4. The molecule has 0 amide bonds. The highest BCUT2D eigenvalue weighted by Crippen LogP contribution is 2.22. The van der Waals surface area contributed by atoms with Crippen LogP contribution in [-0.4, -0.2) is 51.3 Å². The SMILES string of the molecule is Cc1cccc(Nc2nncc(N3CCN(c4ncccn4)CC3)n2)c1C. The maximum Gasteiger partial charge on any atom is 0.249 e. The van der Waals surface area contributed by atoms with Crippen LogP contribution in [0.5, 0.6) is 0 Å². The molecule has 27 heavy (non-hydrogen) atoms. The minimum atomic E-state index is 0.509. The standard InChI is InChI=1S/C19H22N8/c1-14-5-3-6-16(15(14)2)23-18-24-17(13-22-25-18)26-9-11-27(12-10-26)19-20-7-4-8-21-19/h3-8,13H,9-12H2,1-2H3,(H,23,24,25). The van der Waals surface area contributed by atoms with Crippen molar-refractivity contribution in [3.8, 4) is 0 Å². The summed E-state index contributed by atoms with van der Waals surface area (Å²) in [7, 11) is 0. The van der Waals surface area contributed by atoms with E-state index in [0.717, 1.165) is 43.6 Å². The van der Waals surface area contributed by atoms with Gasteiger partial charge in [0.05, 0.1) is 6.20 Å². The Bertz CT molecular complexity index is 907. The molecule has 0 unspecified atom stereocenters. The summed E-state index contributed by atoms with van der Waals surface area (Å²) >= 11 is 0. The second-order valence-electron chi connectivity index (χ2n) is 6.53. The van der Waals surface area contributed by atoms with Gasteiger partial charge in [-0.15, -0.1) is 5.10 Å². The topological polar surface area (TPSA) is 83.0 Å². The predicted octanol–water partition coefficient (Wildman–Crippen LogP) is 2.35. The van der Waals surface area contributed by atoms with Crippen molar-refractivity contribution in [1.82, 2.24) is 25.1 Å². The zero-order chi connectivity index (χ0) is 18.6.